The molecule has 3 rings (SSSR count). The van der Waals surface area contributed by atoms with Crippen LogP contribution < -0.4 is 16.0 Å². The molecule has 1 heterocycles. The van der Waals surface area contributed by atoms with Crippen LogP contribution in [-0.2, 0) is 11.2 Å². The molecule has 0 bridgehead atoms. The van der Waals surface area contributed by atoms with Crippen LogP contribution in [0.2, 0.25) is 10.0 Å². The van der Waals surface area contributed by atoms with E-state index in [4.69, 9.17) is 28.9 Å². The number of nitrogens with two attached hydrogens (primary N) is 1. The predicted molar refractivity (Wildman–Crippen MR) is 99.6 cm³/mol. The van der Waals surface area contributed by atoms with Gasteiger partial charge in [0.25, 0.3) is 5.91 Å². The van der Waals surface area contributed by atoms with Gasteiger partial charge >= 0.3 is 6.03 Å². The van der Waals surface area contributed by atoms with E-state index >= 15 is 0 Å². The van der Waals surface area contributed by atoms with E-state index in [-0.39, 0.29) is 5.91 Å². The van der Waals surface area contributed by atoms with Crippen LogP contribution in [0.25, 0.3) is 5.70 Å². The van der Waals surface area contributed by atoms with Crippen LogP contribution in [0.15, 0.2) is 49.0 Å². The topological polar surface area (TPSA) is 75.4 Å². The number of rotatable bonds is 3. The summed E-state index contributed by atoms with van der Waals surface area (Å²) < 4.78 is 0. The van der Waals surface area contributed by atoms with E-state index in [1.54, 1.807) is 36.4 Å². The fraction of sp³-hybridized carbons (Fsp3) is 0.111. The maximum atomic E-state index is 13.0. The molecule has 3 N–H and O–H groups in total. The van der Waals surface area contributed by atoms with Gasteiger partial charge in [0.1, 0.15) is 6.04 Å². The molecule has 0 aliphatic carbocycles. The quantitative estimate of drug-likeness (QED) is 0.859. The zero-order valence-corrected chi connectivity index (χ0v) is 14.6. The number of carbonyl (C=O) groups is 2. The molecule has 1 atom stereocenters. The minimum atomic E-state index is -0.787. The lowest BCUT2D eigenvalue weighted by Crippen LogP contribution is -2.53. The van der Waals surface area contributed by atoms with Crippen molar-refractivity contribution >= 4 is 46.5 Å². The van der Waals surface area contributed by atoms with Gasteiger partial charge in [-0.3, -0.25) is 9.69 Å². The van der Waals surface area contributed by atoms with Crippen LogP contribution in [0, 0.1) is 0 Å². The molecule has 7 heteroatoms. The Bertz CT molecular complexity index is 882. The van der Waals surface area contributed by atoms with Gasteiger partial charge in [0.2, 0.25) is 0 Å². The number of amides is 3. The SMILES string of the molecule is C=C(c1ccccc1Cl)N1C(=O)[C@H](NC(N)=O)Cc2ccc(Cl)cc21. The first-order valence-electron chi connectivity index (χ1n) is 7.50. The highest BCUT2D eigenvalue weighted by atomic mass is 35.5. The number of fused-ring (bicyclic) bond motifs is 1. The number of benzene rings is 2. The fourth-order valence-electron chi connectivity index (χ4n) is 2.88. The average Bonchev–Trinajstić information content (AvgIpc) is 2.55. The number of urea groups is 1. The van der Waals surface area contributed by atoms with Crippen LogP contribution >= 0.6 is 23.2 Å². The van der Waals surface area contributed by atoms with Gasteiger partial charge in [0.15, 0.2) is 0 Å². The molecule has 3 amide bonds. The molecular weight excluding hydrogens is 361 g/mol. The van der Waals surface area contributed by atoms with Crippen molar-refractivity contribution in [3.8, 4) is 0 Å². The third-order valence-electron chi connectivity index (χ3n) is 4.00. The van der Waals surface area contributed by atoms with Crippen molar-refractivity contribution in [2.24, 2.45) is 5.73 Å². The van der Waals surface area contributed by atoms with Crippen molar-refractivity contribution in [2.45, 2.75) is 12.5 Å². The second-order valence-corrected chi connectivity index (χ2v) is 6.48. The number of primary amides is 1. The highest BCUT2D eigenvalue weighted by molar-refractivity contribution is 6.33. The second kappa shape index (κ2) is 6.78. The van der Waals surface area contributed by atoms with Gasteiger partial charge in [-0.05, 0) is 23.8 Å². The molecule has 0 aromatic heterocycles. The monoisotopic (exact) mass is 375 g/mol. The lowest BCUT2D eigenvalue weighted by atomic mass is 9.95. The Morgan fingerprint density at radius 3 is 2.64 bits per heavy atom. The number of anilines is 1. The van der Waals surface area contributed by atoms with Gasteiger partial charge in [-0.25, -0.2) is 4.79 Å². The van der Waals surface area contributed by atoms with Gasteiger partial charge in [-0.15, -0.1) is 0 Å². The van der Waals surface area contributed by atoms with E-state index in [1.807, 2.05) is 6.07 Å². The first kappa shape index (κ1) is 17.3. The first-order chi connectivity index (χ1) is 11.9. The summed E-state index contributed by atoms with van der Waals surface area (Å²) in [4.78, 5) is 25.6. The van der Waals surface area contributed by atoms with Crippen molar-refractivity contribution < 1.29 is 9.59 Å². The summed E-state index contributed by atoms with van der Waals surface area (Å²) in [6.07, 6.45) is 0.320. The van der Waals surface area contributed by atoms with Gasteiger partial charge in [0.05, 0.1) is 11.4 Å². The Morgan fingerprint density at radius 2 is 1.96 bits per heavy atom. The Kier molecular flexibility index (Phi) is 4.70. The number of carbonyl (C=O) groups excluding carboxylic acids is 2. The molecule has 128 valence electrons. The number of hydrogen-bond donors (Lipinski definition) is 2. The van der Waals surface area contributed by atoms with E-state index in [2.05, 4.69) is 11.9 Å². The normalized spacial score (nSPS) is 16.3. The number of nitrogens with zero attached hydrogens (tertiary/aromatic N) is 1. The van der Waals surface area contributed by atoms with Crippen molar-refractivity contribution in [3.63, 3.8) is 0 Å². The third kappa shape index (κ3) is 3.34. The summed E-state index contributed by atoms with van der Waals surface area (Å²) in [5, 5.41) is 3.44. The van der Waals surface area contributed by atoms with E-state index < -0.39 is 12.1 Å². The van der Waals surface area contributed by atoms with Crippen molar-refractivity contribution in [1.29, 1.82) is 0 Å². The average molecular weight is 376 g/mol. The summed E-state index contributed by atoms with van der Waals surface area (Å²) in [6.45, 7) is 4.04. The molecule has 2 aromatic carbocycles. The Labute approximate surface area is 155 Å². The van der Waals surface area contributed by atoms with E-state index in [1.165, 1.54) is 4.90 Å². The van der Waals surface area contributed by atoms with Crippen LogP contribution in [0.3, 0.4) is 0 Å². The van der Waals surface area contributed by atoms with Crippen molar-refractivity contribution in [1.82, 2.24) is 5.32 Å². The molecule has 1 aliphatic rings. The Morgan fingerprint density at radius 1 is 1.24 bits per heavy atom. The van der Waals surface area contributed by atoms with Crippen LogP contribution in [-0.4, -0.2) is 18.0 Å². The molecular formula is C18H15Cl2N3O2. The lowest BCUT2D eigenvalue weighted by Gasteiger charge is -2.35. The van der Waals surface area contributed by atoms with Gasteiger partial charge in [-0.2, -0.15) is 0 Å². The molecule has 0 unspecified atom stereocenters. The maximum Gasteiger partial charge on any atom is 0.312 e. The van der Waals surface area contributed by atoms with Crippen molar-refractivity contribution in [2.75, 3.05) is 4.90 Å². The highest BCUT2D eigenvalue weighted by Crippen LogP contribution is 2.37. The molecule has 0 radical (unpaired) electrons. The Balaban J connectivity index is 2.10. The highest BCUT2D eigenvalue weighted by Gasteiger charge is 2.35. The van der Waals surface area contributed by atoms with Crippen molar-refractivity contribution in [3.05, 3.63) is 70.2 Å². The molecule has 5 nitrogen and oxygen atoms in total. The second-order valence-electron chi connectivity index (χ2n) is 5.64. The molecule has 1 aliphatic heterocycles. The minimum Gasteiger partial charge on any atom is -0.352 e. The first-order valence-corrected chi connectivity index (χ1v) is 8.26. The van der Waals surface area contributed by atoms with E-state index in [9.17, 15) is 9.59 Å². The maximum absolute atomic E-state index is 13.0. The number of halogens is 2. The minimum absolute atomic E-state index is 0.320. The Hall–Kier alpha value is -2.50. The van der Waals surface area contributed by atoms with E-state index in [0.717, 1.165) is 5.56 Å². The molecule has 0 spiro atoms. The zero-order chi connectivity index (χ0) is 18.1. The van der Waals surface area contributed by atoms with Crippen LogP contribution in [0.4, 0.5) is 10.5 Å². The third-order valence-corrected chi connectivity index (χ3v) is 4.57. The van der Waals surface area contributed by atoms with Gasteiger partial charge in [-0.1, -0.05) is 54.0 Å². The van der Waals surface area contributed by atoms with Gasteiger partial charge < -0.3 is 11.1 Å². The molecule has 0 fully saturated rings. The predicted octanol–water partition coefficient (Wildman–Crippen LogP) is 3.59. The van der Waals surface area contributed by atoms with Gasteiger partial charge in [0, 0.05) is 22.0 Å². The summed E-state index contributed by atoms with van der Waals surface area (Å²) in [5.41, 5.74) is 7.67. The summed E-state index contributed by atoms with van der Waals surface area (Å²) >= 11 is 12.4. The van der Waals surface area contributed by atoms with Crippen LogP contribution in [0.1, 0.15) is 11.1 Å². The summed E-state index contributed by atoms with van der Waals surface area (Å²) in [7, 11) is 0. The smallest absolute Gasteiger partial charge is 0.312 e. The zero-order valence-electron chi connectivity index (χ0n) is 13.1. The largest absolute Gasteiger partial charge is 0.352 e. The lowest BCUT2D eigenvalue weighted by molar-refractivity contribution is -0.119. The summed E-state index contributed by atoms with van der Waals surface area (Å²) in [6, 6.07) is 10.8. The van der Waals surface area contributed by atoms with Crippen LogP contribution in [0.5, 0.6) is 0 Å². The molecule has 25 heavy (non-hydrogen) atoms. The molecule has 0 saturated carbocycles. The molecule has 2 aromatic rings. The summed E-state index contributed by atoms with van der Waals surface area (Å²) in [5.74, 6) is -0.349. The number of nitrogens with one attached hydrogen (secondary N) is 1. The van der Waals surface area contributed by atoms with E-state index in [0.29, 0.717) is 33.4 Å². The molecule has 0 saturated heterocycles. The number of hydrogen-bond acceptors (Lipinski definition) is 2. The fourth-order valence-corrected chi connectivity index (χ4v) is 3.29. The standard InChI is InChI=1S/C18H15Cl2N3O2/c1-10(13-4-2-3-5-14(13)20)23-16-9-12(19)7-6-11(16)8-15(17(23)24)22-18(21)25/h2-7,9,15H,1,8H2,(H3,21,22,25)/t15-/m1/s1.